The van der Waals surface area contributed by atoms with Gasteiger partial charge < -0.3 is 10.5 Å². The Kier molecular flexibility index (Phi) is 3.80. The summed E-state index contributed by atoms with van der Waals surface area (Å²) < 4.78 is 5.72. The van der Waals surface area contributed by atoms with Gasteiger partial charge in [0.25, 0.3) is 0 Å². The average Bonchev–Trinajstić information content (AvgIpc) is 2.61. The Bertz CT molecular complexity index is 1060. The predicted molar refractivity (Wildman–Crippen MR) is 99.7 cm³/mol. The van der Waals surface area contributed by atoms with Crippen LogP contribution in [0.15, 0.2) is 66.1 Å². The first-order valence-electron chi connectivity index (χ1n) is 7.65. The van der Waals surface area contributed by atoms with Crippen LogP contribution in [-0.4, -0.2) is 0 Å². The van der Waals surface area contributed by atoms with Crippen molar-refractivity contribution < 1.29 is 4.74 Å². The minimum Gasteiger partial charge on any atom is -0.440 e. The largest absolute Gasteiger partial charge is 0.440 e. The first kappa shape index (κ1) is 15.8. The summed E-state index contributed by atoms with van der Waals surface area (Å²) in [5, 5.41) is 12.7. The third-order valence-electron chi connectivity index (χ3n) is 4.40. The standard InChI is InChI=1S/C20H12Cl2N2O/c21-14-6-3-7-15(22)19(14)18-13(10-23)20(24)25-16-9-8-11-4-1-2-5-12(11)17(16)18/h1-9,18H,24H2/t18-/m0/s1. The third-order valence-corrected chi connectivity index (χ3v) is 5.06. The zero-order valence-electron chi connectivity index (χ0n) is 13.0. The lowest BCUT2D eigenvalue weighted by molar-refractivity contribution is 0.395. The Labute approximate surface area is 154 Å². The zero-order valence-corrected chi connectivity index (χ0v) is 14.5. The lowest BCUT2D eigenvalue weighted by Gasteiger charge is -2.28. The minimum absolute atomic E-state index is 0.0752. The second-order valence-corrected chi connectivity index (χ2v) is 6.57. The van der Waals surface area contributed by atoms with Gasteiger partial charge in [0.05, 0.1) is 5.92 Å². The van der Waals surface area contributed by atoms with Gasteiger partial charge in [-0.25, -0.2) is 0 Å². The SMILES string of the molecule is N#CC1=C(N)Oc2ccc3ccccc3c2[C@H]1c1c(Cl)cccc1Cl. The van der Waals surface area contributed by atoms with Crippen LogP contribution in [0.1, 0.15) is 17.0 Å². The predicted octanol–water partition coefficient (Wildman–Crippen LogP) is 5.36. The molecule has 0 spiro atoms. The number of hydrogen-bond donors (Lipinski definition) is 1. The maximum atomic E-state index is 9.72. The van der Waals surface area contributed by atoms with Crippen molar-refractivity contribution in [2.75, 3.05) is 0 Å². The highest BCUT2D eigenvalue weighted by atomic mass is 35.5. The molecule has 2 N–H and O–H groups in total. The molecule has 0 aliphatic carbocycles. The van der Waals surface area contributed by atoms with E-state index in [1.165, 1.54) is 0 Å². The highest BCUT2D eigenvalue weighted by molar-refractivity contribution is 6.36. The van der Waals surface area contributed by atoms with Gasteiger partial charge in [0, 0.05) is 21.2 Å². The van der Waals surface area contributed by atoms with Gasteiger partial charge >= 0.3 is 0 Å². The molecule has 3 aromatic carbocycles. The fraction of sp³-hybridized carbons (Fsp3) is 0.0500. The van der Waals surface area contributed by atoms with E-state index < -0.39 is 5.92 Å². The molecule has 0 saturated heterocycles. The van der Waals surface area contributed by atoms with E-state index in [1.54, 1.807) is 18.2 Å². The number of nitriles is 1. The van der Waals surface area contributed by atoms with Crippen LogP contribution in [0.2, 0.25) is 10.0 Å². The molecule has 1 heterocycles. The number of benzene rings is 3. The van der Waals surface area contributed by atoms with Gasteiger partial charge in [-0.1, -0.05) is 59.6 Å². The van der Waals surface area contributed by atoms with Crippen molar-refractivity contribution in [2.24, 2.45) is 5.73 Å². The number of nitrogens with zero attached hydrogens (tertiary/aromatic N) is 1. The molecule has 25 heavy (non-hydrogen) atoms. The summed E-state index contributed by atoms with van der Waals surface area (Å²) in [4.78, 5) is 0. The van der Waals surface area contributed by atoms with E-state index in [0.717, 1.165) is 16.3 Å². The van der Waals surface area contributed by atoms with Crippen molar-refractivity contribution in [3.63, 3.8) is 0 Å². The molecule has 0 saturated carbocycles. The van der Waals surface area contributed by atoms with Crippen molar-refractivity contribution in [3.8, 4) is 11.8 Å². The molecular formula is C20H12Cl2N2O. The molecule has 1 aliphatic heterocycles. The molecule has 0 fully saturated rings. The van der Waals surface area contributed by atoms with Gasteiger partial charge in [0.1, 0.15) is 17.4 Å². The molecule has 5 heteroatoms. The van der Waals surface area contributed by atoms with Crippen LogP contribution in [-0.2, 0) is 0 Å². The molecular weight excluding hydrogens is 355 g/mol. The fourth-order valence-electron chi connectivity index (χ4n) is 3.32. The molecule has 4 rings (SSSR count). The topological polar surface area (TPSA) is 59.0 Å². The number of halogens is 2. The lowest BCUT2D eigenvalue weighted by Crippen LogP contribution is -2.21. The van der Waals surface area contributed by atoms with Gasteiger partial charge in [0.2, 0.25) is 5.88 Å². The Morgan fingerprint density at radius 1 is 0.920 bits per heavy atom. The van der Waals surface area contributed by atoms with Crippen LogP contribution >= 0.6 is 23.2 Å². The summed E-state index contributed by atoms with van der Waals surface area (Å²) in [5.41, 5.74) is 7.83. The Morgan fingerprint density at radius 2 is 1.64 bits per heavy atom. The summed E-state index contributed by atoms with van der Waals surface area (Å²) in [6.45, 7) is 0. The highest BCUT2D eigenvalue weighted by Crippen LogP contribution is 2.48. The van der Waals surface area contributed by atoms with Crippen LogP contribution in [0, 0.1) is 11.3 Å². The van der Waals surface area contributed by atoms with Gasteiger partial charge in [-0.15, -0.1) is 0 Å². The van der Waals surface area contributed by atoms with E-state index in [2.05, 4.69) is 6.07 Å². The molecule has 3 aromatic rings. The molecule has 0 aromatic heterocycles. The van der Waals surface area contributed by atoms with Gasteiger partial charge in [0.15, 0.2) is 0 Å². The van der Waals surface area contributed by atoms with Crippen LogP contribution in [0.25, 0.3) is 10.8 Å². The number of nitrogens with two attached hydrogens (primary N) is 1. The van der Waals surface area contributed by atoms with E-state index in [9.17, 15) is 5.26 Å². The summed E-state index contributed by atoms with van der Waals surface area (Å²) in [6.07, 6.45) is 0. The first-order valence-corrected chi connectivity index (χ1v) is 8.40. The van der Waals surface area contributed by atoms with Crippen molar-refractivity contribution in [1.29, 1.82) is 5.26 Å². The van der Waals surface area contributed by atoms with Gasteiger partial charge in [-0.3, -0.25) is 0 Å². The number of fused-ring (bicyclic) bond motifs is 3. The zero-order chi connectivity index (χ0) is 17.6. The van der Waals surface area contributed by atoms with E-state index >= 15 is 0 Å². The monoisotopic (exact) mass is 366 g/mol. The maximum Gasteiger partial charge on any atom is 0.205 e. The average molecular weight is 367 g/mol. The van der Waals surface area contributed by atoms with Gasteiger partial charge in [-0.05, 0) is 29.0 Å². The summed E-state index contributed by atoms with van der Waals surface area (Å²) >= 11 is 12.9. The highest BCUT2D eigenvalue weighted by Gasteiger charge is 2.34. The fourth-order valence-corrected chi connectivity index (χ4v) is 3.93. The summed E-state index contributed by atoms with van der Waals surface area (Å²) in [5.74, 6) is 0.198. The number of ether oxygens (including phenoxy) is 1. The Hall–Kier alpha value is -2.67. The molecule has 0 bridgehead atoms. The Balaban J connectivity index is 2.13. The quantitative estimate of drug-likeness (QED) is 0.630. The number of hydrogen-bond acceptors (Lipinski definition) is 3. The number of rotatable bonds is 1. The summed E-state index contributed by atoms with van der Waals surface area (Å²) in [7, 11) is 0. The smallest absolute Gasteiger partial charge is 0.205 e. The van der Waals surface area contributed by atoms with E-state index in [-0.39, 0.29) is 5.88 Å². The third kappa shape index (κ3) is 2.42. The summed E-state index contributed by atoms with van der Waals surface area (Å²) in [6, 6.07) is 19.2. The molecule has 1 atom stereocenters. The van der Waals surface area contributed by atoms with Crippen LogP contribution in [0.3, 0.4) is 0 Å². The molecule has 0 radical (unpaired) electrons. The second kappa shape index (κ2) is 6.00. The van der Waals surface area contributed by atoms with Crippen LogP contribution in [0.5, 0.6) is 5.75 Å². The van der Waals surface area contributed by atoms with E-state index in [1.807, 2.05) is 36.4 Å². The molecule has 0 unspecified atom stereocenters. The Morgan fingerprint density at radius 3 is 2.36 bits per heavy atom. The normalized spacial score (nSPS) is 16.3. The lowest BCUT2D eigenvalue weighted by atomic mass is 9.81. The van der Waals surface area contributed by atoms with Crippen LogP contribution in [0.4, 0.5) is 0 Å². The van der Waals surface area contributed by atoms with Crippen molar-refractivity contribution in [3.05, 3.63) is 87.2 Å². The number of allylic oxidation sites excluding steroid dienone is 1. The molecule has 122 valence electrons. The van der Waals surface area contributed by atoms with Crippen molar-refractivity contribution >= 4 is 34.0 Å². The van der Waals surface area contributed by atoms with Gasteiger partial charge in [-0.2, -0.15) is 5.26 Å². The van der Waals surface area contributed by atoms with E-state index in [0.29, 0.717) is 26.9 Å². The first-order chi connectivity index (χ1) is 12.1. The molecule has 1 aliphatic rings. The van der Waals surface area contributed by atoms with Crippen LogP contribution < -0.4 is 10.5 Å². The van der Waals surface area contributed by atoms with Crippen molar-refractivity contribution in [1.82, 2.24) is 0 Å². The molecule has 0 amide bonds. The van der Waals surface area contributed by atoms with E-state index in [4.69, 9.17) is 33.7 Å². The van der Waals surface area contributed by atoms with Crippen molar-refractivity contribution in [2.45, 2.75) is 5.92 Å². The minimum atomic E-state index is -0.485. The second-order valence-electron chi connectivity index (χ2n) is 5.76. The maximum absolute atomic E-state index is 9.72. The molecule has 3 nitrogen and oxygen atoms in total.